The summed E-state index contributed by atoms with van der Waals surface area (Å²) in [4.78, 5) is 12.1. The van der Waals surface area contributed by atoms with Crippen molar-refractivity contribution in [2.45, 2.75) is 39.2 Å². The van der Waals surface area contributed by atoms with Gasteiger partial charge in [-0.2, -0.15) is 0 Å². The Bertz CT molecular complexity index is 402. The fourth-order valence-corrected chi connectivity index (χ4v) is 2.23. The topological polar surface area (TPSA) is 68.3 Å². The van der Waals surface area contributed by atoms with Crippen molar-refractivity contribution in [2.75, 3.05) is 6.54 Å². The van der Waals surface area contributed by atoms with Gasteiger partial charge in [-0.15, -0.1) is 0 Å². The predicted molar refractivity (Wildman–Crippen MR) is 65.3 cm³/mol. The Kier molecular flexibility index (Phi) is 3.24. The van der Waals surface area contributed by atoms with Gasteiger partial charge in [0.15, 0.2) is 0 Å². The number of nitrogens with one attached hydrogen (secondary N) is 1. The highest BCUT2D eigenvalue weighted by Crippen LogP contribution is 2.40. The molecule has 1 aromatic heterocycles. The number of amides is 1. The van der Waals surface area contributed by atoms with Gasteiger partial charge in [0.1, 0.15) is 11.5 Å². The standard InChI is InChI=1S/C13H20N2O2/c1-9-4-5-11(17-9)10(2)15-12(16)13(8-14)6-3-7-13/h4-5,10H,3,6-8,14H2,1-2H3,(H,15,16). The summed E-state index contributed by atoms with van der Waals surface area (Å²) >= 11 is 0. The van der Waals surface area contributed by atoms with Crippen LogP contribution in [0.2, 0.25) is 0 Å². The molecule has 17 heavy (non-hydrogen) atoms. The number of aryl methyl sites for hydroxylation is 1. The average Bonchev–Trinajstić information content (AvgIpc) is 2.64. The summed E-state index contributed by atoms with van der Waals surface area (Å²) in [6, 6.07) is 3.70. The fourth-order valence-electron chi connectivity index (χ4n) is 2.23. The molecular weight excluding hydrogens is 216 g/mol. The Morgan fingerprint density at radius 3 is 2.71 bits per heavy atom. The van der Waals surface area contributed by atoms with Crippen LogP contribution in [0.4, 0.5) is 0 Å². The van der Waals surface area contributed by atoms with E-state index in [-0.39, 0.29) is 17.4 Å². The molecule has 0 saturated heterocycles. The lowest BCUT2D eigenvalue weighted by Gasteiger charge is -2.39. The van der Waals surface area contributed by atoms with E-state index in [0.29, 0.717) is 6.54 Å². The van der Waals surface area contributed by atoms with E-state index in [1.54, 1.807) is 0 Å². The van der Waals surface area contributed by atoms with Gasteiger partial charge in [0.25, 0.3) is 0 Å². The lowest BCUT2D eigenvalue weighted by Crippen LogP contribution is -2.50. The van der Waals surface area contributed by atoms with E-state index in [2.05, 4.69) is 5.32 Å². The summed E-state index contributed by atoms with van der Waals surface area (Å²) in [5.74, 6) is 1.72. The molecule has 1 saturated carbocycles. The molecule has 1 aromatic rings. The van der Waals surface area contributed by atoms with Crippen LogP contribution in [0.1, 0.15) is 43.7 Å². The van der Waals surface area contributed by atoms with Crippen molar-refractivity contribution in [3.8, 4) is 0 Å². The highest BCUT2D eigenvalue weighted by molar-refractivity contribution is 5.84. The van der Waals surface area contributed by atoms with Crippen LogP contribution in [0, 0.1) is 12.3 Å². The zero-order valence-electron chi connectivity index (χ0n) is 10.5. The number of nitrogens with two attached hydrogens (primary N) is 1. The normalized spacial score (nSPS) is 19.5. The van der Waals surface area contributed by atoms with Crippen LogP contribution in [-0.2, 0) is 4.79 Å². The molecule has 3 N–H and O–H groups in total. The van der Waals surface area contributed by atoms with Crippen molar-refractivity contribution < 1.29 is 9.21 Å². The number of carbonyl (C=O) groups excluding carboxylic acids is 1. The van der Waals surface area contributed by atoms with Gasteiger partial charge in [0, 0.05) is 6.54 Å². The Morgan fingerprint density at radius 2 is 2.29 bits per heavy atom. The fraction of sp³-hybridized carbons (Fsp3) is 0.615. The first-order valence-electron chi connectivity index (χ1n) is 6.15. The van der Waals surface area contributed by atoms with Gasteiger partial charge in [-0.05, 0) is 38.8 Å². The quantitative estimate of drug-likeness (QED) is 0.838. The first-order chi connectivity index (χ1) is 8.07. The molecule has 4 nitrogen and oxygen atoms in total. The average molecular weight is 236 g/mol. The molecule has 0 radical (unpaired) electrons. The third-order valence-electron chi connectivity index (χ3n) is 3.72. The molecule has 0 aromatic carbocycles. The molecule has 1 heterocycles. The molecule has 94 valence electrons. The summed E-state index contributed by atoms with van der Waals surface area (Å²) in [5, 5.41) is 2.99. The van der Waals surface area contributed by atoms with E-state index in [4.69, 9.17) is 10.2 Å². The summed E-state index contributed by atoms with van der Waals surface area (Å²) in [7, 11) is 0. The first-order valence-corrected chi connectivity index (χ1v) is 6.15. The molecule has 2 rings (SSSR count). The Balaban J connectivity index is 1.99. The lowest BCUT2D eigenvalue weighted by atomic mass is 9.68. The third-order valence-corrected chi connectivity index (χ3v) is 3.72. The van der Waals surface area contributed by atoms with E-state index < -0.39 is 0 Å². The lowest BCUT2D eigenvalue weighted by molar-refractivity contribution is -0.136. The molecule has 1 atom stereocenters. The molecule has 1 amide bonds. The SMILES string of the molecule is Cc1ccc(C(C)NC(=O)C2(CN)CCC2)o1. The van der Waals surface area contributed by atoms with E-state index in [1.807, 2.05) is 26.0 Å². The molecule has 0 bridgehead atoms. The van der Waals surface area contributed by atoms with Crippen LogP contribution < -0.4 is 11.1 Å². The predicted octanol–water partition coefficient (Wildman–Crippen LogP) is 1.89. The smallest absolute Gasteiger partial charge is 0.228 e. The van der Waals surface area contributed by atoms with Crippen LogP contribution in [0.3, 0.4) is 0 Å². The van der Waals surface area contributed by atoms with E-state index in [9.17, 15) is 4.79 Å². The van der Waals surface area contributed by atoms with Gasteiger partial charge in [-0.3, -0.25) is 4.79 Å². The van der Waals surface area contributed by atoms with Gasteiger partial charge in [0.05, 0.1) is 11.5 Å². The van der Waals surface area contributed by atoms with Gasteiger partial charge in [0.2, 0.25) is 5.91 Å². The highest BCUT2D eigenvalue weighted by atomic mass is 16.3. The minimum absolute atomic E-state index is 0.0628. The molecule has 0 aliphatic heterocycles. The molecule has 1 aliphatic rings. The molecule has 0 spiro atoms. The van der Waals surface area contributed by atoms with Gasteiger partial charge >= 0.3 is 0 Å². The monoisotopic (exact) mass is 236 g/mol. The number of carbonyl (C=O) groups is 1. The summed E-state index contributed by atoms with van der Waals surface area (Å²) < 4.78 is 5.50. The van der Waals surface area contributed by atoms with Gasteiger partial charge in [-0.25, -0.2) is 0 Å². The third kappa shape index (κ3) is 2.22. The number of rotatable bonds is 4. The van der Waals surface area contributed by atoms with Crippen LogP contribution in [-0.4, -0.2) is 12.5 Å². The highest BCUT2D eigenvalue weighted by Gasteiger charge is 2.43. The van der Waals surface area contributed by atoms with Crippen LogP contribution in [0.25, 0.3) is 0 Å². The maximum atomic E-state index is 12.1. The molecule has 1 aliphatic carbocycles. The van der Waals surface area contributed by atoms with E-state index >= 15 is 0 Å². The van der Waals surface area contributed by atoms with Crippen molar-refractivity contribution in [3.63, 3.8) is 0 Å². The minimum Gasteiger partial charge on any atom is -0.464 e. The second-order valence-electron chi connectivity index (χ2n) is 4.98. The first kappa shape index (κ1) is 12.2. The largest absolute Gasteiger partial charge is 0.464 e. The zero-order valence-corrected chi connectivity index (χ0v) is 10.5. The summed E-state index contributed by atoms with van der Waals surface area (Å²) in [6.45, 7) is 4.26. The zero-order chi connectivity index (χ0) is 12.5. The molecular formula is C13H20N2O2. The summed E-state index contributed by atoms with van der Waals surface area (Å²) in [5.41, 5.74) is 5.38. The van der Waals surface area contributed by atoms with Crippen LogP contribution >= 0.6 is 0 Å². The van der Waals surface area contributed by atoms with Gasteiger partial charge in [-0.1, -0.05) is 6.42 Å². The Labute approximate surface area is 102 Å². The maximum absolute atomic E-state index is 12.1. The van der Waals surface area contributed by atoms with Crippen LogP contribution in [0.5, 0.6) is 0 Å². The molecule has 1 unspecified atom stereocenters. The summed E-state index contributed by atoms with van der Waals surface area (Å²) in [6.07, 6.45) is 2.90. The van der Waals surface area contributed by atoms with Crippen LogP contribution in [0.15, 0.2) is 16.5 Å². The molecule has 4 heteroatoms. The Morgan fingerprint density at radius 1 is 1.59 bits per heavy atom. The number of hydrogen-bond donors (Lipinski definition) is 2. The van der Waals surface area contributed by atoms with Crippen molar-refractivity contribution in [1.82, 2.24) is 5.32 Å². The van der Waals surface area contributed by atoms with Crippen molar-refractivity contribution in [2.24, 2.45) is 11.1 Å². The second-order valence-corrected chi connectivity index (χ2v) is 4.98. The van der Waals surface area contributed by atoms with Crippen molar-refractivity contribution in [1.29, 1.82) is 0 Å². The minimum atomic E-state index is -0.324. The Hall–Kier alpha value is -1.29. The van der Waals surface area contributed by atoms with Gasteiger partial charge < -0.3 is 15.5 Å². The second kappa shape index (κ2) is 4.53. The van der Waals surface area contributed by atoms with Crippen molar-refractivity contribution in [3.05, 3.63) is 23.7 Å². The number of hydrogen-bond acceptors (Lipinski definition) is 3. The number of furan rings is 1. The maximum Gasteiger partial charge on any atom is 0.228 e. The van der Waals surface area contributed by atoms with E-state index in [0.717, 1.165) is 30.8 Å². The van der Waals surface area contributed by atoms with E-state index in [1.165, 1.54) is 0 Å². The van der Waals surface area contributed by atoms with Crippen molar-refractivity contribution >= 4 is 5.91 Å². The molecule has 1 fully saturated rings.